The summed E-state index contributed by atoms with van der Waals surface area (Å²) in [6.07, 6.45) is 4.19. The van der Waals surface area contributed by atoms with E-state index in [1.807, 2.05) is 20.8 Å². The van der Waals surface area contributed by atoms with E-state index in [1.54, 1.807) is 4.90 Å². The van der Waals surface area contributed by atoms with E-state index in [0.717, 1.165) is 25.7 Å². The number of likely N-dealkylation sites (tertiary alicyclic amines) is 1. The summed E-state index contributed by atoms with van der Waals surface area (Å²) >= 11 is 0. The van der Waals surface area contributed by atoms with Crippen molar-refractivity contribution >= 4 is 11.9 Å². The Balaban J connectivity index is 1.71. The molecule has 0 unspecified atom stereocenters. The molecule has 1 aromatic carbocycles. The van der Waals surface area contributed by atoms with Crippen molar-refractivity contribution < 1.29 is 14.3 Å². The van der Waals surface area contributed by atoms with E-state index in [4.69, 9.17) is 4.74 Å². The lowest BCUT2D eigenvalue weighted by molar-refractivity contribution is -0.123. The number of ketones is 1. The van der Waals surface area contributed by atoms with Crippen molar-refractivity contribution in [2.24, 2.45) is 5.92 Å². The Kier molecular flexibility index (Phi) is 5.40. The minimum Gasteiger partial charge on any atom is -0.444 e. The Morgan fingerprint density at radius 1 is 1.23 bits per heavy atom. The lowest BCUT2D eigenvalue weighted by Crippen LogP contribution is -2.43. The van der Waals surface area contributed by atoms with Gasteiger partial charge in [-0.25, -0.2) is 4.79 Å². The van der Waals surface area contributed by atoms with Gasteiger partial charge in [-0.15, -0.1) is 0 Å². The molecule has 142 valence electrons. The molecule has 0 aromatic heterocycles. The molecule has 4 heteroatoms. The number of hydrogen-bond donors (Lipinski definition) is 0. The number of rotatable bonds is 3. The Labute approximate surface area is 156 Å². The quantitative estimate of drug-likeness (QED) is 0.787. The Morgan fingerprint density at radius 2 is 1.96 bits per heavy atom. The van der Waals surface area contributed by atoms with Crippen molar-refractivity contribution in [2.45, 2.75) is 77.4 Å². The second-order valence-corrected chi connectivity index (χ2v) is 8.95. The molecular weight excluding hydrogens is 326 g/mol. The second kappa shape index (κ2) is 7.42. The maximum atomic E-state index is 13.1. The van der Waals surface area contributed by atoms with Crippen LogP contribution >= 0.6 is 0 Å². The summed E-state index contributed by atoms with van der Waals surface area (Å²) in [4.78, 5) is 27.3. The lowest BCUT2D eigenvalue weighted by Gasteiger charge is -2.30. The maximum absolute atomic E-state index is 13.1. The van der Waals surface area contributed by atoms with Crippen LogP contribution in [0.3, 0.4) is 0 Å². The van der Waals surface area contributed by atoms with Crippen LogP contribution in [0.5, 0.6) is 0 Å². The molecule has 1 aliphatic heterocycles. The molecule has 1 fully saturated rings. The fraction of sp³-hybridized carbons (Fsp3) is 0.636. The Morgan fingerprint density at radius 3 is 2.69 bits per heavy atom. The van der Waals surface area contributed by atoms with Gasteiger partial charge in [0.05, 0.1) is 6.04 Å². The number of amides is 1. The first-order valence-corrected chi connectivity index (χ1v) is 9.84. The van der Waals surface area contributed by atoms with Gasteiger partial charge in [-0.3, -0.25) is 9.69 Å². The zero-order chi connectivity index (χ0) is 18.9. The number of Topliss-reactive ketones (excluding diaryl/α,β-unsaturated/α-hetero) is 1. The molecule has 1 aliphatic carbocycles. The van der Waals surface area contributed by atoms with Crippen LogP contribution in [0.15, 0.2) is 24.3 Å². The van der Waals surface area contributed by atoms with Crippen LogP contribution in [0.2, 0.25) is 0 Å². The van der Waals surface area contributed by atoms with E-state index in [0.29, 0.717) is 18.9 Å². The van der Waals surface area contributed by atoms with Crippen LogP contribution in [0, 0.1) is 5.92 Å². The van der Waals surface area contributed by atoms with E-state index in [1.165, 1.54) is 11.1 Å². The fourth-order valence-corrected chi connectivity index (χ4v) is 4.32. The van der Waals surface area contributed by atoms with E-state index < -0.39 is 5.60 Å². The lowest BCUT2D eigenvalue weighted by atomic mass is 9.79. The van der Waals surface area contributed by atoms with Crippen molar-refractivity contribution in [3.8, 4) is 0 Å². The largest absolute Gasteiger partial charge is 0.444 e. The number of carbonyl (C=O) groups is 2. The van der Waals surface area contributed by atoms with E-state index in [-0.39, 0.29) is 23.8 Å². The predicted molar refractivity (Wildman–Crippen MR) is 102 cm³/mol. The van der Waals surface area contributed by atoms with Crippen LogP contribution in [0.1, 0.15) is 70.4 Å². The molecule has 1 aromatic rings. The highest BCUT2D eigenvalue weighted by atomic mass is 16.6. The first-order chi connectivity index (χ1) is 12.2. The van der Waals surface area contributed by atoms with Gasteiger partial charge in [0, 0.05) is 13.0 Å². The van der Waals surface area contributed by atoms with Gasteiger partial charge < -0.3 is 4.74 Å². The highest BCUT2D eigenvalue weighted by molar-refractivity contribution is 5.88. The topological polar surface area (TPSA) is 46.6 Å². The van der Waals surface area contributed by atoms with Crippen molar-refractivity contribution in [1.82, 2.24) is 4.90 Å². The summed E-state index contributed by atoms with van der Waals surface area (Å²) in [5.74, 6) is 0.792. The predicted octanol–water partition coefficient (Wildman–Crippen LogP) is 4.71. The van der Waals surface area contributed by atoms with Gasteiger partial charge in [-0.2, -0.15) is 0 Å². The number of nitrogens with zero attached hydrogens (tertiary/aromatic N) is 1. The van der Waals surface area contributed by atoms with Gasteiger partial charge in [0.2, 0.25) is 0 Å². The summed E-state index contributed by atoms with van der Waals surface area (Å²) in [6.45, 7) is 8.29. The van der Waals surface area contributed by atoms with Gasteiger partial charge in [0.1, 0.15) is 5.60 Å². The van der Waals surface area contributed by atoms with Crippen molar-refractivity contribution in [1.29, 1.82) is 0 Å². The van der Waals surface area contributed by atoms with Crippen molar-refractivity contribution in [2.75, 3.05) is 6.54 Å². The molecule has 1 amide bonds. The molecule has 0 N–H and O–H groups in total. The molecule has 1 saturated heterocycles. The summed E-state index contributed by atoms with van der Waals surface area (Å²) in [7, 11) is 0. The zero-order valence-electron chi connectivity index (χ0n) is 16.5. The van der Waals surface area contributed by atoms with Gasteiger partial charge in [0.15, 0.2) is 5.78 Å². The van der Waals surface area contributed by atoms with Gasteiger partial charge in [0.25, 0.3) is 0 Å². The molecule has 0 saturated carbocycles. The molecule has 26 heavy (non-hydrogen) atoms. The van der Waals surface area contributed by atoms with Crippen LogP contribution in [0.25, 0.3) is 0 Å². The van der Waals surface area contributed by atoms with Crippen molar-refractivity contribution in [3.05, 3.63) is 35.4 Å². The molecule has 4 nitrogen and oxygen atoms in total. The fourth-order valence-electron chi connectivity index (χ4n) is 4.32. The van der Waals surface area contributed by atoms with Crippen LogP contribution in [0.4, 0.5) is 4.79 Å². The smallest absolute Gasteiger partial charge is 0.410 e. The van der Waals surface area contributed by atoms with Gasteiger partial charge in [-0.05, 0) is 69.4 Å². The molecule has 2 aliphatic rings. The number of aryl methyl sites for hydroxylation is 1. The van der Waals surface area contributed by atoms with Crippen LogP contribution in [-0.2, 0) is 16.0 Å². The van der Waals surface area contributed by atoms with Gasteiger partial charge >= 0.3 is 6.09 Å². The number of hydrogen-bond acceptors (Lipinski definition) is 3. The zero-order valence-corrected chi connectivity index (χ0v) is 16.5. The summed E-state index contributed by atoms with van der Waals surface area (Å²) in [5.41, 5.74) is 2.15. The molecule has 3 rings (SSSR count). The van der Waals surface area contributed by atoms with E-state index in [9.17, 15) is 9.59 Å². The number of ether oxygens (including phenoxy) is 1. The minimum atomic E-state index is -0.543. The third-order valence-corrected chi connectivity index (χ3v) is 5.45. The summed E-state index contributed by atoms with van der Waals surface area (Å²) < 4.78 is 5.53. The average Bonchev–Trinajstić information content (AvgIpc) is 2.96. The van der Waals surface area contributed by atoms with E-state index >= 15 is 0 Å². The highest BCUT2D eigenvalue weighted by Crippen LogP contribution is 2.36. The average molecular weight is 357 g/mol. The van der Waals surface area contributed by atoms with Crippen molar-refractivity contribution in [3.63, 3.8) is 0 Å². The third-order valence-electron chi connectivity index (χ3n) is 5.45. The van der Waals surface area contributed by atoms with Crippen LogP contribution in [-0.4, -0.2) is 35.0 Å². The number of fused-ring (bicyclic) bond motifs is 1. The molecule has 1 heterocycles. The normalized spacial score (nSPS) is 25.7. The monoisotopic (exact) mass is 357 g/mol. The number of carbonyl (C=O) groups excluding carboxylic acids is 2. The Bertz CT molecular complexity index is 676. The first kappa shape index (κ1) is 18.9. The molecule has 0 radical (unpaired) electrons. The second-order valence-electron chi connectivity index (χ2n) is 8.95. The maximum Gasteiger partial charge on any atom is 0.410 e. The highest BCUT2D eigenvalue weighted by Gasteiger charge is 2.40. The third kappa shape index (κ3) is 4.28. The standard InChI is InChI=1S/C22H31NO3/c1-15-12-19(23(14-15)21(25)26-22(2,3)4)20(24)13-17-10-7-9-16-8-5-6-11-18(16)17/h5-6,8,11,15,17,19H,7,9-10,12-14H2,1-4H3/t15-,17-,19-/m0/s1. The minimum absolute atomic E-state index is 0.182. The molecule has 0 spiro atoms. The Hall–Kier alpha value is -1.84. The number of benzene rings is 1. The SMILES string of the molecule is C[C@H]1C[C@@H](C(=O)C[C@@H]2CCCc3ccccc32)N(C(=O)OC(C)(C)C)C1. The van der Waals surface area contributed by atoms with Gasteiger partial charge in [-0.1, -0.05) is 31.2 Å². The molecule has 3 atom stereocenters. The van der Waals surface area contributed by atoms with E-state index in [2.05, 4.69) is 31.2 Å². The molecular formula is C22H31NO3. The summed E-state index contributed by atoms with van der Waals surface area (Å²) in [6, 6.07) is 8.14. The van der Waals surface area contributed by atoms with Crippen LogP contribution < -0.4 is 0 Å². The summed E-state index contributed by atoms with van der Waals surface area (Å²) in [5, 5.41) is 0. The molecule has 0 bridgehead atoms. The first-order valence-electron chi connectivity index (χ1n) is 9.84.